The van der Waals surface area contributed by atoms with E-state index in [-0.39, 0.29) is 12.1 Å². The summed E-state index contributed by atoms with van der Waals surface area (Å²) in [5.41, 5.74) is 5.94. The topological polar surface area (TPSA) is 55.6 Å². The van der Waals surface area contributed by atoms with Crippen molar-refractivity contribution in [1.29, 1.82) is 0 Å². The third-order valence-electron chi connectivity index (χ3n) is 2.14. The van der Waals surface area contributed by atoms with Crippen molar-refractivity contribution in [3.05, 3.63) is 12.2 Å². The first-order chi connectivity index (χ1) is 7.67. The predicted molar refractivity (Wildman–Crippen MR) is 70.9 cm³/mol. The number of nitrogens with zero attached hydrogens (tertiary/aromatic N) is 1. The number of rotatable bonds is 5. The van der Waals surface area contributed by atoms with Gasteiger partial charge in [0.05, 0.1) is 0 Å². The fourth-order valence-electron chi connectivity index (χ4n) is 1.30. The van der Waals surface area contributed by atoms with E-state index in [0.29, 0.717) is 13.1 Å². The quantitative estimate of drug-likeness (QED) is 0.754. The molecule has 0 atom stereocenters. The Morgan fingerprint density at radius 3 is 2.29 bits per heavy atom. The SMILES string of the molecule is C=C(CCN)CN(C(=O)OC(C)(C)C)C(C)C. The van der Waals surface area contributed by atoms with Gasteiger partial charge in [-0.2, -0.15) is 0 Å². The largest absolute Gasteiger partial charge is 0.444 e. The summed E-state index contributed by atoms with van der Waals surface area (Å²) < 4.78 is 5.35. The van der Waals surface area contributed by atoms with Crippen LogP contribution in [0.25, 0.3) is 0 Å². The van der Waals surface area contributed by atoms with Crippen molar-refractivity contribution >= 4 is 6.09 Å². The molecule has 4 heteroatoms. The number of hydrogen-bond acceptors (Lipinski definition) is 3. The zero-order valence-corrected chi connectivity index (χ0v) is 11.7. The molecule has 0 aliphatic carbocycles. The van der Waals surface area contributed by atoms with Gasteiger partial charge in [0.15, 0.2) is 0 Å². The molecule has 1 amide bonds. The van der Waals surface area contributed by atoms with E-state index in [1.807, 2.05) is 34.6 Å². The Labute approximate surface area is 105 Å². The molecular weight excluding hydrogens is 216 g/mol. The standard InChI is InChI=1S/C13H26N2O2/c1-10(2)15(9-11(3)7-8-14)12(16)17-13(4,5)6/h10H,3,7-9,14H2,1-2,4-6H3. The molecule has 0 aromatic heterocycles. The summed E-state index contributed by atoms with van der Waals surface area (Å²) in [7, 11) is 0. The fraction of sp³-hybridized carbons (Fsp3) is 0.769. The van der Waals surface area contributed by atoms with Crippen LogP contribution in [0.5, 0.6) is 0 Å². The van der Waals surface area contributed by atoms with Gasteiger partial charge >= 0.3 is 6.09 Å². The lowest BCUT2D eigenvalue weighted by molar-refractivity contribution is 0.0210. The lowest BCUT2D eigenvalue weighted by atomic mass is 10.2. The van der Waals surface area contributed by atoms with Gasteiger partial charge in [-0.1, -0.05) is 12.2 Å². The third kappa shape index (κ3) is 7.00. The Kier molecular flexibility index (Phi) is 6.24. The van der Waals surface area contributed by atoms with Crippen LogP contribution in [0.3, 0.4) is 0 Å². The summed E-state index contributed by atoms with van der Waals surface area (Å²) in [6.07, 6.45) is 0.428. The molecule has 0 saturated carbocycles. The summed E-state index contributed by atoms with van der Waals surface area (Å²) in [5.74, 6) is 0. The highest BCUT2D eigenvalue weighted by molar-refractivity contribution is 5.68. The number of hydrogen-bond donors (Lipinski definition) is 1. The zero-order valence-electron chi connectivity index (χ0n) is 11.7. The second kappa shape index (κ2) is 6.64. The van der Waals surface area contributed by atoms with Gasteiger partial charge in [-0.05, 0) is 47.6 Å². The molecule has 2 N–H and O–H groups in total. The summed E-state index contributed by atoms with van der Waals surface area (Å²) in [5, 5.41) is 0. The van der Waals surface area contributed by atoms with Crippen LogP contribution in [-0.2, 0) is 4.74 Å². The number of nitrogens with two attached hydrogens (primary N) is 1. The minimum Gasteiger partial charge on any atom is -0.444 e. The third-order valence-corrected chi connectivity index (χ3v) is 2.14. The summed E-state index contributed by atoms with van der Waals surface area (Å²) >= 11 is 0. The highest BCUT2D eigenvalue weighted by atomic mass is 16.6. The second-order valence-electron chi connectivity index (χ2n) is 5.49. The first kappa shape index (κ1) is 16.0. The summed E-state index contributed by atoms with van der Waals surface area (Å²) in [6.45, 7) is 14.5. The van der Waals surface area contributed by atoms with E-state index in [2.05, 4.69) is 6.58 Å². The Balaban J connectivity index is 4.53. The molecule has 0 bridgehead atoms. The maximum Gasteiger partial charge on any atom is 0.410 e. The monoisotopic (exact) mass is 242 g/mol. The maximum atomic E-state index is 12.0. The van der Waals surface area contributed by atoms with Crippen molar-refractivity contribution in [2.75, 3.05) is 13.1 Å². The lowest BCUT2D eigenvalue weighted by Gasteiger charge is -2.30. The van der Waals surface area contributed by atoms with Crippen molar-refractivity contribution < 1.29 is 9.53 Å². The molecule has 0 aromatic rings. The van der Waals surface area contributed by atoms with Gasteiger partial charge in [0.25, 0.3) is 0 Å². The summed E-state index contributed by atoms with van der Waals surface area (Å²) in [6, 6.07) is 0.0828. The molecule has 0 aliphatic rings. The van der Waals surface area contributed by atoms with Crippen LogP contribution in [-0.4, -0.2) is 35.7 Å². The highest BCUT2D eigenvalue weighted by Crippen LogP contribution is 2.13. The van der Waals surface area contributed by atoms with E-state index in [9.17, 15) is 4.79 Å². The molecule has 17 heavy (non-hydrogen) atoms. The minimum atomic E-state index is -0.473. The van der Waals surface area contributed by atoms with E-state index < -0.39 is 5.60 Å². The molecule has 4 nitrogen and oxygen atoms in total. The van der Waals surface area contributed by atoms with Crippen molar-refractivity contribution in [3.63, 3.8) is 0 Å². The normalized spacial score (nSPS) is 11.5. The fourth-order valence-corrected chi connectivity index (χ4v) is 1.30. The molecule has 0 saturated heterocycles. The molecule has 0 heterocycles. The molecule has 0 unspecified atom stereocenters. The van der Waals surface area contributed by atoms with Crippen LogP contribution in [0.2, 0.25) is 0 Å². The molecule has 0 aromatic carbocycles. The molecule has 0 rings (SSSR count). The number of carbonyl (C=O) groups excluding carboxylic acids is 1. The Bertz CT molecular complexity index is 267. The van der Waals surface area contributed by atoms with Gasteiger partial charge in [-0.3, -0.25) is 0 Å². The number of ether oxygens (including phenoxy) is 1. The highest BCUT2D eigenvalue weighted by Gasteiger charge is 2.24. The first-order valence-corrected chi connectivity index (χ1v) is 6.03. The van der Waals surface area contributed by atoms with Gasteiger partial charge in [0, 0.05) is 12.6 Å². The van der Waals surface area contributed by atoms with E-state index in [0.717, 1.165) is 12.0 Å². The van der Waals surface area contributed by atoms with Gasteiger partial charge < -0.3 is 15.4 Å². The average molecular weight is 242 g/mol. The van der Waals surface area contributed by atoms with Gasteiger partial charge in [0.2, 0.25) is 0 Å². The van der Waals surface area contributed by atoms with E-state index in [1.54, 1.807) is 4.90 Å². The first-order valence-electron chi connectivity index (χ1n) is 6.03. The van der Waals surface area contributed by atoms with Gasteiger partial charge in [-0.15, -0.1) is 0 Å². The maximum absolute atomic E-state index is 12.0. The van der Waals surface area contributed by atoms with Gasteiger partial charge in [0.1, 0.15) is 5.60 Å². The average Bonchev–Trinajstić information content (AvgIpc) is 2.11. The Morgan fingerprint density at radius 2 is 1.94 bits per heavy atom. The van der Waals surface area contributed by atoms with E-state index in [4.69, 9.17) is 10.5 Å². The van der Waals surface area contributed by atoms with Crippen LogP contribution >= 0.6 is 0 Å². The number of amides is 1. The van der Waals surface area contributed by atoms with E-state index >= 15 is 0 Å². The van der Waals surface area contributed by atoms with Crippen LogP contribution in [0.15, 0.2) is 12.2 Å². The van der Waals surface area contributed by atoms with Crippen molar-refractivity contribution in [3.8, 4) is 0 Å². The van der Waals surface area contributed by atoms with Crippen LogP contribution in [0, 0.1) is 0 Å². The smallest absolute Gasteiger partial charge is 0.410 e. The zero-order chi connectivity index (χ0) is 13.6. The molecule has 100 valence electrons. The predicted octanol–water partition coefficient (Wildman–Crippen LogP) is 2.54. The second-order valence-corrected chi connectivity index (χ2v) is 5.49. The Hall–Kier alpha value is -1.03. The molecule has 0 fully saturated rings. The van der Waals surface area contributed by atoms with Crippen LogP contribution in [0.4, 0.5) is 4.79 Å². The Morgan fingerprint density at radius 1 is 1.41 bits per heavy atom. The molecule has 0 spiro atoms. The molecule has 0 radical (unpaired) electrons. The minimum absolute atomic E-state index is 0.0828. The lowest BCUT2D eigenvalue weighted by Crippen LogP contribution is -2.42. The van der Waals surface area contributed by atoms with Crippen LogP contribution in [0.1, 0.15) is 41.0 Å². The van der Waals surface area contributed by atoms with Crippen LogP contribution < -0.4 is 5.73 Å². The van der Waals surface area contributed by atoms with E-state index in [1.165, 1.54) is 0 Å². The summed E-state index contributed by atoms with van der Waals surface area (Å²) in [4.78, 5) is 13.6. The van der Waals surface area contributed by atoms with Crippen molar-refractivity contribution in [2.45, 2.75) is 52.7 Å². The van der Waals surface area contributed by atoms with Crippen molar-refractivity contribution in [1.82, 2.24) is 4.90 Å². The number of carbonyl (C=O) groups is 1. The molecule has 0 aliphatic heterocycles. The molecular formula is C13H26N2O2. The van der Waals surface area contributed by atoms with Crippen molar-refractivity contribution in [2.24, 2.45) is 5.73 Å². The van der Waals surface area contributed by atoms with Gasteiger partial charge in [-0.25, -0.2) is 4.79 Å².